The lowest BCUT2D eigenvalue weighted by atomic mass is 10.3. The largest absolute Gasteiger partial charge is 0.372 e. The van der Waals surface area contributed by atoms with Gasteiger partial charge in [-0.3, -0.25) is 4.79 Å². The Hall–Kier alpha value is -1.65. The summed E-state index contributed by atoms with van der Waals surface area (Å²) in [7, 11) is 1.76. The number of hydrogen-bond acceptors (Lipinski definition) is 4. The van der Waals surface area contributed by atoms with Crippen LogP contribution in [-0.4, -0.2) is 29.2 Å². The van der Waals surface area contributed by atoms with E-state index in [1.165, 1.54) is 0 Å². The Kier molecular flexibility index (Phi) is 2.30. The molecule has 1 aliphatic carbocycles. The standard InChI is InChI=1S/C9H12N4O/c1-10-8-5-4-7(12-13-8)9(14)11-6-2-3-6/h4-6H,2-3H2,1H3,(H,10,13)(H,11,14). The van der Waals surface area contributed by atoms with Crippen LogP contribution in [0.2, 0.25) is 0 Å². The van der Waals surface area contributed by atoms with Gasteiger partial charge in [-0.2, -0.15) is 0 Å². The van der Waals surface area contributed by atoms with Crippen molar-refractivity contribution in [3.8, 4) is 0 Å². The molecule has 0 aromatic carbocycles. The summed E-state index contributed by atoms with van der Waals surface area (Å²) < 4.78 is 0. The predicted molar refractivity (Wildman–Crippen MR) is 52.1 cm³/mol. The molecule has 2 rings (SSSR count). The molecule has 74 valence electrons. The lowest BCUT2D eigenvalue weighted by Crippen LogP contribution is -2.26. The molecule has 0 spiro atoms. The number of amides is 1. The molecule has 1 saturated carbocycles. The van der Waals surface area contributed by atoms with Gasteiger partial charge in [0.1, 0.15) is 5.82 Å². The van der Waals surface area contributed by atoms with Crippen molar-refractivity contribution >= 4 is 11.7 Å². The van der Waals surface area contributed by atoms with Gasteiger partial charge in [0, 0.05) is 13.1 Å². The first kappa shape index (κ1) is 8.93. The molecular weight excluding hydrogens is 180 g/mol. The SMILES string of the molecule is CNc1ccc(C(=O)NC2CC2)nn1. The molecule has 1 aliphatic rings. The molecule has 5 heteroatoms. The van der Waals surface area contributed by atoms with Gasteiger partial charge in [-0.1, -0.05) is 0 Å². The number of aromatic nitrogens is 2. The van der Waals surface area contributed by atoms with Gasteiger partial charge < -0.3 is 10.6 Å². The molecule has 1 aromatic rings. The molecule has 0 aliphatic heterocycles. The molecular formula is C9H12N4O. The lowest BCUT2D eigenvalue weighted by Gasteiger charge is -2.02. The molecule has 5 nitrogen and oxygen atoms in total. The zero-order valence-corrected chi connectivity index (χ0v) is 7.95. The van der Waals surface area contributed by atoms with E-state index in [2.05, 4.69) is 20.8 Å². The van der Waals surface area contributed by atoms with Crippen molar-refractivity contribution in [3.63, 3.8) is 0 Å². The molecule has 1 fully saturated rings. The van der Waals surface area contributed by atoms with Crippen LogP contribution in [0.3, 0.4) is 0 Å². The van der Waals surface area contributed by atoms with Gasteiger partial charge in [0.25, 0.3) is 5.91 Å². The zero-order valence-electron chi connectivity index (χ0n) is 7.95. The molecule has 1 aromatic heterocycles. The van der Waals surface area contributed by atoms with Crippen LogP contribution >= 0.6 is 0 Å². The first-order valence-electron chi connectivity index (χ1n) is 4.62. The Morgan fingerprint density at radius 3 is 2.71 bits per heavy atom. The minimum Gasteiger partial charge on any atom is -0.372 e. The normalized spacial score (nSPS) is 14.9. The summed E-state index contributed by atoms with van der Waals surface area (Å²) in [4.78, 5) is 11.5. The number of carbonyl (C=O) groups is 1. The van der Waals surface area contributed by atoms with Crippen LogP contribution in [0.5, 0.6) is 0 Å². The molecule has 0 bridgehead atoms. The monoisotopic (exact) mass is 192 g/mol. The second-order valence-corrected chi connectivity index (χ2v) is 3.30. The summed E-state index contributed by atoms with van der Waals surface area (Å²) in [6.07, 6.45) is 2.15. The Bertz CT molecular complexity index is 331. The van der Waals surface area contributed by atoms with E-state index in [1.54, 1.807) is 19.2 Å². The maximum Gasteiger partial charge on any atom is 0.272 e. The third-order valence-corrected chi connectivity index (χ3v) is 2.07. The van der Waals surface area contributed by atoms with E-state index in [0.29, 0.717) is 17.6 Å². The van der Waals surface area contributed by atoms with Gasteiger partial charge in [-0.25, -0.2) is 0 Å². The third-order valence-electron chi connectivity index (χ3n) is 2.07. The van der Waals surface area contributed by atoms with Crippen molar-refractivity contribution in [2.24, 2.45) is 0 Å². The summed E-state index contributed by atoms with van der Waals surface area (Å²) in [5.74, 6) is 0.524. The summed E-state index contributed by atoms with van der Waals surface area (Å²) in [6.45, 7) is 0. The average Bonchev–Trinajstić information content (AvgIpc) is 3.02. The van der Waals surface area contributed by atoms with E-state index < -0.39 is 0 Å². The van der Waals surface area contributed by atoms with Crippen molar-refractivity contribution in [3.05, 3.63) is 17.8 Å². The van der Waals surface area contributed by atoms with E-state index in [1.807, 2.05) is 0 Å². The third kappa shape index (κ3) is 1.99. The molecule has 2 N–H and O–H groups in total. The Balaban J connectivity index is 2.03. The molecule has 1 heterocycles. The van der Waals surface area contributed by atoms with Crippen LogP contribution in [0.15, 0.2) is 12.1 Å². The van der Waals surface area contributed by atoms with Gasteiger partial charge >= 0.3 is 0 Å². The quantitative estimate of drug-likeness (QED) is 0.728. The maximum atomic E-state index is 11.5. The van der Waals surface area contributed by atoms with Gasteiger partial charge in [0.05, 0.1) is 0 Å². The highest BCUT2D eigenvalue weighted by atomic mass is 16.2. The fourth-order valence-corrected chi connectivity index (χ4v) is 1.07. The van der Waals surface area contributed by atoms with E-state index in [4.69, 9.17) is 0 Å². The first-order chi connectivity index (χ1) is 6.79. The maximum absolute atomic E-state index is 11.5. The number of carbonyl (C=O) groups excluding carboxylic acids is 1. The van der Waals surface area contributed by atoms with Crippen LogP contribution in [0.25, 0.3) is 0 Å². The Labute approximate surface area is 81.9 Å². The Morgan fingerprint density at radius 1 is 1.43 bits per heavy atom. The smallest absolute Gasteiger partial charge is 0.272 e. The summed E-state index contributed by atoms with van der Waals surface area (Å²) in [5.41, 5.74) is 0.371. The Morgan fingerprint density at radius 2 is 2.21 bits per heavy atom. The van der Waals surface area contributed by atoms with Crippen molar-refractivity contribution in [2.45, 2.75) is 18.9 Å². The van der Waals surface area contributed by atoms with Crippen molar-refractivity contribution in [1.82, 2.24) is 15.5 Å². The summed E-state index contributed by atoms with van der Waals surface area (Å²) >= 11 is 0. The van der Waals surface area contributed by atoms with Crippen LogP contribution in [-0.2, 0) is 0 Å². The molecule has 14 heavy (non-hydrogen) atoms. The van der Waals surface area contributed by atoms with Gasteiger partial charge in [-0.15, -0.1) is 10.2 Å². The van der Waals surface area contributed by atoms with Crippen LogP contribution in [0.4, 0.5) is 5.82 Å². The van der Waals surface area contributed by atoms with Crippen molar-refractivity contribution in [1.29, 1.82) is 0 Å². The minimum absolute atomic E-state index is 0.136. The fraction of sp³-hybridized carbons (Fsp3) is 0.444. The van der Waals surface area contributed by atoms with Gasteiger partial charge in [-0.05, 0) is 25.0 Å². The highest BCUT2D eigenvalue weighted by Crippen LogP contribution is 2.18. The van der Waals surface area contributed by atoms with Gasteiger partial charge in [0.15, 0.2) is 5.69 Å². The molecule has 0 atom stereocenters. The van der Waals surface area contributed by atoms with Crippen LogP contribution in [0, 0.1) is 0 Å². The van der Waals surface area contributed by atoms with Crippen LogP contribution < -0.4 is 10.6 Å². The van der Waals surface area contributed by atoms with E-state index >= 15 is 0 Å². The van der Waals surface area contributed by atoms with Gasteiger partial charge in [0.2, 0.25) is 0 Å². The fourth-order valence-electron chi connectivity index (χ4n) is 1.07. The highest BCUT2D eigenvalue weighted by Gasteiger charge is 2.24. The van der Waals surface area contributed by atoms with E-state index in [9.17, 15) is 4.79 Å². The second kappa shape index (κ2) is 3.61. The van der Waals surface area contributed by atoms with Crippen LogP contribution in [0.1, 0.15) is 23.3 Å². The average molecular weight is 192 g/mol. The molecule has 0 unspecified atom stereocenters. The number of hydrogen-bond donors (Lipinski definition) is 2. The van der Waals surface area contributed by atoms with E-state index in [-0.39, 0.29) is 5.91 Å². The minimum atomic E-state index is -0.136. The first-order valence-corrected chi connectivity index (χ1v) is 4.62. The lowest BCUT2D eigenvalue weighted by molar-refractivity contribution is 0.0945. The summed E-state index contributed by atoms with van der Waals surface area (Å²) in [5, 5.41) is 13.3. The number of anilines is 1. The topological polar surface area (TPSA) is 66.9 Å². The second-order valence-electron chi connectivity index (χ2n) is 3.30. The molecule has 1 amide bonds. The molecule has 0 radical (unpaired) electrons. The van der Waals surface area contributed by atoms with Crippen molar-refractivity contribution < 1.29 is 4.79 Å². The number of rotatable bonds is 3. The highest BCUT2D eigenvalue weighted by molar-refractivity contribution is 5.92. The number of nitrogens with zero attached hydrogens (tertiary/aromatic N) is 2. The van der Waals surface area contributed by atoms with E-state index in [0.717, 1.165) is 12.8 Å². The molecule has 0 saturated heterocycles. The predicted octanol–water partition coefficient (Wildman–Crippen LogP) is 0.410. The van der Waals surface area contributed by atoms with Crippen molar-refractivity contribution in [2.75, 3.05) is 12.4 Å². The number of nitrogens with one attached hydrogen (secondary N) is 2. The zero-order chi connectivity index (χ0) is 9.97. The summed E-state index contributed by atoms with van der Waals surface area (Å²) in [6, 6.07) is 3.75.